The van der Waals surface area contributed by atoms with Gasteiger partial charge >= 0.3 is 0 Å². The fourth-order valence-electron chi connectivity index (χ4n) is 1.60. The van der Waals surface area contributed by atoms with E-state index in [1.807, 2.05) is 0 Å². The number of amides is 1. The van der Waals surface area contributed by atoms with Gasteiger partial charge in [0.05, 0.1) is 6.54 Å². The highest BCUT2D eigenvalue weighted by molar-refractivity contribution is 7.12. The van der Waals surface area contributed by atoms with Crippen molar-refractivity contribution in [3.05, 3.63) is 49.4 Å². The lowest BCUT2D eigenvalue weighted by molar-refractivity contribution is 0.0951. The van der Waals surface area contributed by atoms with Crippen LogP contribution in [0.15, 0.2) is 18.2 Å². The lowest BCUT2D eigenvalue weighted by Crippen LogP contribution is -2.22. The van der Waals surface area contributed by atoms with Crippen molar-refractivity contribution in [3.63, 3.8) is 0 Å². The minimum Gasteiger partial charge on any atom is -0.347 e. The highest BCUT2D eigenvalue weighted by atomic mass is 35.5. The quantitative estimate of drug-likeness (QED) is 0.870. The van der Waals surface area contributed by atoms with E-state index in [0.29, 0.717) is 12.1 Å². The molecule has 3 nitrogen and oxygen atoms in total. The molecular formula is C13H12Cl2N2OS. The Morgan fingerprint density at radius 3 is 2.42 bits per heavy atom. The van der Waals surface area contributed by atoms with Crippen molar-refractivity contribution in [2.75, 3.05) is 0 Å². The van der Waals surface area contributed by atoms with Gasteiger partial charge in [0.15, 0.2) is 0 Å². The molecule has 0 aliphatic rings. The maximum absolute atomic E-state index is 12.0. The Morgan fingerprint density at radius 1 is 1.26 bits per heavy atom. The smallest absolute Gasteiger partial charge is 0.251 e. The molecule has 0 atom stereocenters. The summed E-state index contributed by atoms with van der Waals surface area (Å²) in [4.78, 5) is 18.1. The number of carbonyl (C=O) groups excluding carboxylic acids is 1. The molecule has 0 aliphatic carbocycles. The third-order valence-corrected chi connectivity index (χ3v) is 4.20. The van der Waals surface area contributed by atoms with Crippen LogP contribution in [0.4, 0.5) is 0 Å². The molecular weight excluding hydrogens is 303 g/mol. The molecule has 2 aromatic heterocycles. The van der Waals surface area contributed by atoms with E-state index in [2.05, 4.69) is 30.2 Å². The first-order valence-corrected chi connectivity index (χ1v) is 7.20. The third kappa shape index (κ3) is 3.69. The lowest BCUT2D eigenvalue weighted by Gasteiger charge is -2.04. The van der Waals surface area contributed by atoms with Gasteiger partial charge in [-0.2, -0.15) is 0 Å². The van der Waals surface area contributed by atoms with E-state index in [1.165, 1.54) is 22.6 Å². The van der Waals surface area contributed by atoms with Crippen molar-refractivity contribution in [2.45, 2.75) is 20.4 Å². The van der Waals surface area contributed by atoms with Gasteiger partial charge in [-0.05, 0) is 37.6 Å². The summed E-state index contributed by atoms with van der Waals surface area (Å²) in [5, 5.41) is 3.25. The van der Waals surface area contributed by atoms with Crippen molar-refractivity contribution in [2.24, 2.45) is 0 Å². The molecule has 6 heteroatoms. The average molecular weight is 315 g/mol. The Labute approximate surface area is 125 Å². The van der Waals surface area contributed by atoms with Crippen LogP contribution in [0.25, 0.3) is 0 Å². The summed E-state index contributed by atoms with van der Waals surface area (Å²) in [6.07, 6.45) is 0. The average Bonchev–Trinajstić information content (AvgIpc) is 2.64. The molecule has 100 valence electrons. The molecule has 0 saturated heterocycles. The SMILES string of the molecule is Cc1cc(CNC(=O)c2cc(Cl)nc(Cl)c2)sc1C. The van der Waals surface area contributed by atoms with E-state index in [-0.39, 0.29) is 16.2 Å². The monoisotopic (exact) mass is 314 g/mol. The van der Waals surface area contributed by atoms with Crippen LogP contribution in [0.1, 0.15) is 25.7 Å². The van der Waals surface area contributed by atoms with Crippen LogP contribution in [0.5, 0.6) is 0 Å². The van der Waals surface area contributed by atoms with Crippen LogP contribution in [-0.4, -0.2) is 10.9 Å². The normalized spacial score (nSPS) is 10.5. The van der Waals surface area contributed by atoms with Crippen molar-refractivity contribution in [1.29, 1.82) is 0 Å². The molecule has 0 aromatic carbocycles. The number of aryl methyl sites for hydroxylation is 2. The molecule has 0 bridgehead atoms. The van der Waals surface area contributed by atoms with Crippen LogP contribution in [0.3, 0.4) is 0 Å². The van der Waals surface area contributed by atoms with Crippen LogP contribution in [0.2, 0.25) is 10.3 Å². The second-order valence-corrected chi connectivity index (χ2v) is 6.25. The zero-order chi connectivity index (χ0) is 14.0. The first-order chi connectivity index (χ1) is 8.95. The topological polar surface area (TPSA) is 42.0 Å². The molecule has 1 amide bonds. The van der Waals surface area contributed by atoms with E-state index in [1.54, 1.807) is 11.3 Å². The number of halogens is 2. The van der Waals surface area contributed by atoms with Gasteiger partial charge in [-0.25, -0.2) is 4.98 Å². The third-order valence-electron chi connectivity index (χ3n) is 2.67. The number of nitrogens with zero attached hydrogens (tertiary/aromatic N) is 1. The molecule has 2 heterocycles. The lowest BCUT2D eigenvalue weighted by atomic mass is 10.2. The molecule has 0 spiro atoms. The number of carbonyl (C=O) groups is 1. The van der Waals surface area contributed by atoms with Gasteiger partial charge < -0.3 is 5.32 Å². The second kappa shape index (κ2) is 5.90. The fourth-order valence-corrected chi connectivity index (χ4v) is 3.06. The standard InChI is InChI=1S/C13H12Cl2N2OS/c1-7-3-10(19-8(7)2)6-16-13(18)9-4-11(14)17-12(15)5-9/h3-5H,6H2,1-2H3,(H,16,18). The molecule has 1 N–H and O–H groups in total. The maximum Gasteiger partial charge on any atom is 0.251 e. The molecule has 2 aromatic rings. The Morgan fingerprint density at radius 2 is 1.89 bits per heavy atom. The predicted molar refractivity (Wildman–Crippen MR) is 79.2 cm³/mol. The Kier molecular flexibility index (Phi) is 4.45. The number of thiophene rings is 1. The summed E-state index contributed by atoms with van der Waals surface area (Å²) >= 11 is 13.2. The Bertz CT molecular complexity index is 585. The molecule has 2 rings (SSSR count). The maximum atomic E-state index is 12.0. The minimum atomic E-state index is -0.213. The first-order valence-electron chi connectivity index (χ1n) is 5.63. The summed E-state index contributed by atoms with van der Waals surface area (Å²) in [6.45, 7) is 4.61. The van der Waals surface area contributed by atoms with Crippen molar-refractivity contribution < 1.29 is 4.79 Å². The zero-order valence-electron chi connectivity index (χ0n) is 10.5. The summed E-state index contributed by atoms with van der Waals surface area (Å²) in [6, 6.07) is 5.06. The fraction of sp³-hybridized carbons (Fsp3) is 0.231. The highest BCUT2D eigenvalue weighted by Gasteiger charge is 2.09. The molecule has 0 aliphatic heterocycles. The highest BCUT2D eigenvalue weighted by Crippen LogP contribution is 2.20. The van der Waals surface area contributed by atoms with E-state index in [9.17, 15) is 4.79 Å². The summed E-state index contributed by atoms with van der Waals surface area (Å²) in [5.41, 5.74) is 1.65. The molecule has 0 saturated carbocycles. The van der Waals surface area contributed by atoms with Gasteiger partial charge in [-0.3, -0.25) is 4.79 Å². The largest absolute Gasteiger partial charge is 0.347 e. The number of pyridine rings is 1. The number of rotatable bonds is 3. The number of nitrogens with one attached hydrogen (secondary N) is 1. The van der Waals surface area contributed by atoms with Gasteiger partial charge in [-0.1, -0.05) is 23.2 Å². The van der Waals surface area contributed by atoms with E-state index in [0.717, 1.165) is 4.88 Å². The predicted octanol–water partition coefficient (Wildman–Crippen LogP) is 4.00. The van der Waals surface area contributed by atoms with Crippen molar-refractivity contribution >= 4 is 40.4 Å². The van der Waals surface area contributed by atoms with Crippen molar-refractivity contribution in [1.82, 2.24) is 10.3 Å². The van der Waals surface area contributed by atoms with Gasteiger partial charge in [-0.15, -0.1) is 11.3 Å². The summed E-state index contributed by atoms with van der Waals surface area (Å²) in [7, 11) is 0. The van der Waals surface area contributed by atoms with Crippen LogP contribution in [-0.2, 0) is 6.54 Å². The number of hydrogen-bond donors (Lipinski definition) is 1. The first kappa shape index (κ1) is 14.3. The Hall–Kier alpha value is -1.10. The number of aromatic nitrogens is 1. The van der Waals surface area contributed by atoms with Gasteiger partial charge in [0.25, 0.3) is 5.91 Å². The van der Waals surface area contributed by atoms with Crippen LogP contribution < -0.4 is 5.32 Å². The molecule has 0 fully saturated rings. The van der Waals surface area contributed by atoms with E-state index < -0.39 is 0 Å². The van der Waals surface area contributed by atoms with E-state index in [4.69, 9.17) is 23.2 Å². The molecule has 0 unspecified atom stereocenters. The number of hydrogen-bond acceptors (Lipinski definition) is 3. The molecule has 19 heavy (non-hydrogen) atoms. The van der Waals surface area contributed by atoms with E-state index >= 15 is 0 Å². The van der Waals surface area contributed by atoms with Crippen molar-refractivity contribution in [3.8, 4) is 0 Å². The van der Waals surface area contributed by atoms with Crippen LogP contribution >= 0.6 is 34.5 Å². The molecule has 0 radical (unpaired) electrons. The summed E-state index contributed by atoms with van der Waals surface area (Å²) < 4.78 is 0. The van der Waals surface area contributed by atoms with Gasteiger partial charge in [0, 0.05) is 15.3 Å². The Balaban J connectivity index is 2.05. The zero-order valence-corrected chi connectivity index (χ0v) is 12.8. The summed E-state index contributed by atoms with van der Waals surface area (Å²) in [5.74, 6) is -0.213. The van der Waals surface area contributed by atoms with Gasteiger partial charge in [0.1, 0.15) is 10.3 Å². The van der Waals surface area contributed by atoms with Crippen LogP contribution in [0, 0.1) is 13.8 Å². The minimum absolute atomic E-state index is 0.209. The second-order valence-electron chi connectivity index (χ2n) is 4.14. The van der Waals surface area contributed by atoms with Gasteiger partial charge in [0.2, 0.25) is 0 Å².